The van der Waals surface area contributed by atoms with Gasteiger partial charge in [-0.3, -0.25) is 4.79 Å². The van der Waals surface area contributed by atoms with Crippen LogP contribution in [0.25, 0.3) is 11.0 Å². The lowest BCUT2D eigenvalue weighted by Crippen LogP contribution is -2.26. The molecule has 2 heterocycles. The van der Waals surface area contributed by atoms with Crippen molar-refractivity contribution in [3.05, 3.63) is 53.9 Å². The number of carbonyl (C=O) groups is 1. The second kappa shape index (κ2) is 6.47. The number of para-hydroxylation sites is 2. The maximum absolute atomic E-state index is 12.2. The average molecular weight is 337 g/mol. The van der Waals surface area contributed by atoms with Gasteiger partial charge in [0, 0.05) is 12.8 Å². The predicted molar refractivity (Wildman–Crippen MR) is 93.5 cm³/mol. The number of aryl methyl sites for hydroxylation is 1. The Hall–Kier alpha value is -3.02. The van der Waals surface area contributed by atoms with Crippen LogP contribution in [0, 0.1) is 0 Å². The monoisotopic (exact) mass is 337 g/mol. The maximum atomic E-state index is 12.2. The van der Waals surface area contributed by atoms with E-state index in [2.05, 4.69) is 15.3 Å². The molecule has 0 spiro atoms. The van der Waals surface area contributed by atoms with Gasteiger partial charge in [0.1, 0.15) is 5.82 Å². The largest absolute Gasteiger partial charge is 0.454 e. The molecular formula is C19H19N3O3. The number of benzene rings is 2. The van der Waals surface area contributed by atoms with E-state index in [4.69, 9.17) is 9.47 Å². The molecule has 6 heteroatoms. The first kappa shape index (κ1) is 15.5. The summed E-state index contributed by atoms with van der Waals surface area (Å²) in [5, 5.41) is 3.01. The third-order valence-electron chi connectivity index (χ3n) is 4.30. The van der Waals surface area contributed by atoms with E-state index in [0.717, 1.165) is 33.9 Å². The Labute approximate surface area is 145 Å². The highest BCUT2D eigenvalue weighted by Crippen LogP contribution is 2.34. The summed E-state index contributed by atoms with van der Waals surface area (Å²) in [7, 11) is 0. The smallest absolute Gasteiger partial charge is 0.231 e. The minimum absolute atomic E-state index is 0.00868. The summed E-state index contributed by atoms with van der Waals surface area (Å²) in [4.78, 5) is 20.0. The molecule has 0 radical (unpaired) electrons. The van der Waals surface area contributed by atoms with E-state index in [1.165, 1.54) is 0 Å². The molecule has 1 aromatic heterocycles. The number of nitrogens with zero attached hydrogens (tertiary/aromatic N) is 1. The van der Waals surface area contributed by atoms with Gasteiger partial charge in [-0.05, 0) is 36.8 Å². The summed E-state index contributed by atoms with van der Waals surface area (Å²) in [6.07, 6.45) is 0.961. The summed E-state index contributed by atoms with van der Waals surface area (Å²) in [6.45, 7) is 2.20. The van der Waals surface area contributed by atoms with Crippen molar-refractivity contribution < 1.29 is 14.3 Å². The van der Waals surface area contributed by atoms with E-state index in [1.807, 2.05) is 49.4 Å². The number of amides is 1. The van der Waals surface area contributed by atoms with Gasteiger partial charge in [-0.1, -0.05) is 18.2 Å². The van der Waals surface area contributed by atoms with Crippen molar-refractivity contribution in [2.75, 3.05) is 6.79 Å². The minimum Gasteiger partial charge on any atom is -0.454 e. The fraction of sp³-hybridized carbons (Fsp3) is 0.263. The number of nitrogens with one attached hydrogen (secondary N) is 2. The van der Waals surface area contributed by atoms with E-state index in [1.54, 1.807) is 0 Å². The molecule has 0 aliphatic carbocycles. The van der Waals surface area contributed by atoms with Crippen molar-refractivity contribution in [2.24, 2.45) is 0 Å². The first-order valence-electron chi connectivity index (χ1n) is 8.31. The first-order valence-corrected chi connectivity index (χ1v) is 8.31. The van der Waals surface area contributed by atoms with Crippen molar-refractivity contribution in [1.29, 1.82) is 0 Å². The Balaban J connectivity index is 1.35. The van der Waals surface area contributed by atoms with Gasteiger partial charge in [0.05, 0.1) is 17.1 Å². The molecule has 0 saturated heterocycles. The molecule has 1 aliphatic heterocycles. The molecule has 25 heavy (non-hydrogen) atoms. The summed E-state index contributed by atoms with van der Waals surface area (Å²) in [5.41, 5.74) is 2.90. The first-order chi connectivity index (χ1) is 12.2. The second-order valence-electron chi connectivity index (χ2n) is 6.10. The third kappa shape index (κ3) is 3.28. The molecule has 4 rings (SSSR count). The molecule has 1 atom stereocenters. The van der Waals surface area contributed by atoms with Crippen LogP contribution in [0.4, 0.5) is 0 Å². The van der Waals surface area contributed by atoms with Gasteiger partial charge in [0.15, 0.2) is 11.5 Å². The quantitative estimate of drug-likeness (QED) is 0.750. The SMILES string of the molecule is C[C@H](NC(=O)CCc1nc2ccccc2[nH]1)c1ccc2c(c1)OCO2. The molecule has 2 aromatic carbocycles. The number of carbonyl (C=O) groups excluding carboxylic acids is 1. The Morgan fingerprint density at radius 1 is 1.24 bits per heavy atom. The van der Waals surface area contributed by atoms with Crippen molar-refractivity contribution in [3.8, 4) is 11.5 Å². The van der Waals surface area contributed by atoms with Crippen LogP contribution in [0.5, 0.6) is 11.5 Å². The number of imidazole rings is 1. The van der Waals surface area contributed by atoms with Gasteiger partial charge in [-0.25, -0.2) is 4.98 Å². The lowest BCUT2D eigenvalue weighted by atomic mass is 10.1. The summed E-state index contributed by atoms with van der Waals surface area (Å²) < 4.78 is 10.7. The van der Waals surface area contributed by atoms with Crippen molar-refractivity contribution in [3.63, 3.8) is 0 Å². The molecule has 128 valence electrons. The van der Waals surface area contributed by atoms with E-state index in [-0.39, 0.29) is 18.7 Å². The van der Waals surface area contributed by atoms with Crippen LogP contribution in [-0.4, -0.2) is 22.7 Å². The van der Waals surface area contributed by atoms with Gasteiger partial charge in [-0.15, -0.1) is 0 Å². The van der Waals surface area contributed by atoms with Crippen LogP contribution in [0.3, 0.4) is 0 Å². The van der Waals surface area contributed by atoms with Crippen LogP contribution in [0.1, 0.15) is 30.8 Å². The number of aromatic nitrogens is 2. The number of hydrogen-bond donors (Lipinski definition) is 2. The lowest BCUT2D eigenvalue weighted by Gasteiger charge is -2.14. The number of hydrogen-bond acceptors (Lipinski definition) is 4. The van der Waals surface area contributed by atoms with Crippen molar-refractivity contribution in [2.45, 2.75) is 25.8 Å². The predicted octanol–water partition coefficient (Wildman–Crippen LogP) is 3.10. The Bertz CT molecular complexity index is 886. The number of fused-ring (bicyclic) bond motifs is 2. The highest BCUT2D eigenvalue weighted by Gasteiger charge is 2.17. The number of H-pyrrole nitrogens is 1. The summed E-state index contributed by atoms with van der Waals surface area (Å²) >= 11 is 0. The number of ether oxygens (including phenoxy) is 2. The van der Waals surface area contributed by atoms with Gasteiger partial charge >= 0.3 is 0 Å². The number of rotatable bonds is 5. The fourth-order valence-electron chi connectivity index (χ4n) is 2.94. The lowest BCUT2D eigenvalue weighted by molar-refractivity contribution is -0.121. The Morgan fingerprint density at radius 2 is 2.08 bits per heavy atom. The van der Waals surface area contributed by atoms with E-state index in [9.17, 15) is 4.79 Å². The van der Waals surface area contributed by atoms with E-state index < -0.39 is 0 Å². The molecule has 0 bridgehead atoms. The maximum Gasteiger partial charge on any atom is 0.231 e. The van der Waals surface area contributed by atoms with Crippen molar-refractivity contribution in [1.82, 2.24) is 15.3 Å². The van der Waals surface area contributed by atoms with Gasteiger partial charge in [0.2, 0.25) is 12.7 Å². The highest BCUT2D eigenvalue weighted by molar-refractivity contribution is 5.77. The average Bonchev–Trinajstić information content (AvgIpc) is 3.25. The molecule has 1 aliphatic rings. The number of aromatic amines is 1. The standard InChI is InChI=1S/C19H19N3O3/c1-12(13-6-7-16-17(10-13)25-11-24-16)20-19(23)9-8-18-21-14-4-2-3-5-15(14)22-18/h2-7,10,12H,8-9,11H2,1H3,(H,20,23)(H,21,22)/t12-/m0/s1. The van der Waals surface area contributed by atoms with Gasteiger partial charge in [0.25, 0.3) is 0 Å². The molecule has 6 nitrogen and oxygen atoms in total. The molecule has 2 N–H and O–H groups in total. The summed E-state index contributed by atoms with van der Waals surface area (Å²) in [5.74, 6) is 2.28. The highest BCUT2D eigenvalue weighted by atomic mass is 16.7. The van der Waals surface area contributed by atoms with Crippen LogP contribution in [-0.2, 0) is 11.2 Å². The zero-order chi connectivity index (χ0) is 17.2. The minimum atomic E-state index is -0.0994. The van der Waals surface area contributed by atoms with E-state index >= 15 is 0 Å². The van der Waals surface area contributed by atoms with Crippen molar-refractivity contribution >= 4 is 16.9 Å². The fourth-order valence-corrected chi connectivity index (χ4v) is 2.94. The topological polar surface area (TPSA) is 76.2 Å². The normalized spacial score (nSPS) is 13.8. The Kier molecular flexibility index (Phi) is 4.01. The van der Waals surface area contributed by atoms with Crippen LogP contribution < -0.4 is 14.8 Å². The van der Waals surface area contributed by atoms with Crippen LogP contribution >= 0.6 is 0 Å². The Morgan fingerprint density at radius 3 is 2.96 bits per heavy atom. The van der Waals surface area contributed by atoms with Crippen LogP contribution in [0.15, 0.2) is 42.5 Å². The molecule has 3 aromatic rings. The molecule has 0 unspecified atom stereocenters. The molecule has 0 fully saturated rings. The summed E-state index contributed by atoms with van der Waals surface area (Å²) in [6, 6.07) is 13.5. The molecule has 0 saturated carbocycles. The van der Waals surface area contributed by atoms with Gasteiger partial charge in [-0.2, -0.15) is 0 Å². The molecular weight excluding hydrogens is 318 g/mol. The van der Waals surface area contributed by atoms with Gasteiger partial charge < -0.3 is 19.8 Å². The zero-order valence-electron chi connectivity index (χ0n) is 13.9. The molecule has 1 amide bonds. The van der Waals surface area contributed by atoms with Crippen LogP contribution in [0.2, 0.25) is 0 Å². The van der Waals surface area contributed by atoms with E-state index in [0.29, 0.717) is 12.8 Å². The zero-order valence-corrected chi connectivity index (χ0v) is 13.9. The second-order valence-corrected chi connectivity index (χ2v) is 6.10. The third-order valence-corrected chi connectivity index (χ3v) is 4.30.